The summed E-state index contributed by atoms with van der Waals surface area (Å²) in [5.74, 6) is 0.899. The fourth-order valence-corrected chi connectivity index (χ4v) is 3.85. The highest BCUT2D eigenvalue weighted by atomic mass is 16.5. The van der Waals surface area contributed by atoms with Gasteiger partial charge >= 0.3 is 0 Å². The molecular formula is C18H34N2O3. The predicted molar refractivity (Wildman–Crippen MR) is 91.5 cm³/mol. The SMILES string of the molecule is CCO[C@H](C)C(=O)N1CCC(CCN2C[C@@H](C)O[C@@H](C)C2)CC1. The summed E-state index contributed by atoms with van der Waals surface area (Å²) >= 11 is 0. The van der Waals surface area contributed by atoms with E-state index in [0.29, 0.717) is 18.8 Å². The minimum Gasteiger partial charge on any atom is -0.373 e. The molecule has 0 unspecified atom stereocenters. The number of ether oxygens (including phenoxy) is 2. The molecule has 2 saturated heterocycles. The minimum absolute atomic E-state index is 0.154. The van der Waals surface area contributed by atoms with E-state index in [-0.39, 0.29) is 12.0 Å². The van der Waals surface area contributed by atoms with E-state index in [0.717, 1.165) is 51.5 Å². The zero-order valence-corrected chi connectivity index (χ0v) is 15.3. The largest absolute Gasteiger partial charge is 0.373 e. The van der Waals surface area contributed by atoms with Gasteiger partial charge in [-0.1, -0.05) is 0 Å². The number of likely N-dealkylation sites (tertiary alicyclic amines) is 1. The van der Waals surface area contributed by atoms with Gasteiger partial charge in [-0.15, -0.1) is 0 Å². The van der Waals surface area contributed by atoms with Crippen molar-refractivity contribution in [1.82, 2.24) is 9.80 Å². The maximum Gasteiger partial charge on any atom is 0.251 e. The van der Waals surface area contributed by atoms with Gasteiger partial charge in [0, 0.05) is 32.8 Å². The normalized spacial score (nSPS) is 28.8. The van der Waals surface area contributed by atoms with E-state index in [1.165, 1.54) is 6.42 Å². The fourth-order valence-electron chi connectivity index (χ4n) is 3.85. The molecule has 2 rings (SSSR count). The summed E-state index contributed by atoms with van der Waals surface area (Å²) in [4.78, 5) is 16.8. The van der Waals surface area contributed by atoms with E-state index in [1.54, 1.807) is 0 Å². The molecule has 0 N–H and O–H groups in total. The van der Waals surface area contributed by atoms with Crippen LogP contribution in [0.15, 0.2) is 0 Å². The number of hydrogen-bond acceptors (Lipinski definition) is 4. The molecule has 1 amide bonds. The molecule has 23 heavy (non-hydrogen) atoms. The third-order valence-electron chi connectivity index (χ3n) is 5.04. The van der Waals surface area contributed by atoms with Gasteiger partial charge in [0.1, 0.15) is 6.10 Å². The van der Waals surface area contributed by atoms with Crippen LogP contribution in [0, 0.1) is 5.92 Å². The van der Waals surface area contributed by atoms with E-state index >= 15 is 0 Å². The molecule has 0 spiro atoms. The number of piperidine rings is 1. The van der Waals surface area contributed by atoms with Gasteiger partial charge < -0.3 is 14.4 Å². The first-order chi connectivity index (χ1) is 11.0. The fraction of sp³-hybridized carbons (Fsp3) is 0.944. The molecule has 0 aromatic carbocycles. The van der Waals surface area contributed by atoms with E-state index in [1.807, 2.05) is 18.7 Å². The van der Waals surface area contributed by atoms with Crippen LogP contribution in [0.2, 0.25) is 0 Å². The summed E-state index contributed by atoms with van der Waals surface area (Å²) in [7, 11) is 0. The maximum absolute atomic E-state index is 12.3. The molecule has 0 radical (unpaired) electrons. The minimum atomic E-state index is -0.298. The molecule has 5 heteroatoms. The Bertz CT molecular complexity index is 359. The van der Waals surface area contributed by atoms with E-state index in [4.69, 9.17) is 9.47 Å². The van der Waals surface area contributed by atoms with Crippen LogP contribution < -0.4 is 0 Å². The van der Waals surface area contributed by atoms with Gasteiger partial charge in [-0.3, -0.25) is 9.69 Å². The Morgan fingerprint density at radius 1 is 1.22 bits per heavy atom. The van der Waals surface area contributed by atoms with Gasteiger partial charge in [0.2, 0.25) is 0 Å². The first-order valence-electron chi connectivity index (χ1n) is 9.27. The predicted octanol–water partition coefficient (Wildman–Crippen LogP) is 2.15. The second-order valence-corrected chi connectivity index (χ2v) is 7.17. The van der Waals surface area contributed by atoms with Crippen LogP contribution in [-0.4, -0.2) is 73.3 Å². The van der Waals surface area contributed by atoms with Crippen molar-refractivity contribution in [3.8, 4) is 0 Å². The van der Waals surface area contributed by atoms with Crippen molar-refractivity contribution in [1.29, 1.82) is 0 Å². The zero-order chi connectivity index (χ0) is 16.8. The van der Waals surface area contributed by atoms with Gasteiger partial charge in [0.25, 0.3) is 5.91 Å². The average molecular weight is 326 g/mol. The Morgan fingerprint density at radius 2 is 1.83 bits per heavy atom. The zero-order valence-electron chi connectivity index (χ0n) is 15.3. The Balaban J connectivity index is 1.67. The molecule has 2 aliphatic rings. The van der Waals surface area contributed by atoms with Crippen molar-refractivity contribution in [2.24, 2.45) is 5.92 Å². The second kappa shape index (κ2) is 9.00. The number of hydrogen-bond donors (Lipinski definition) is 0. The quantitative estimate of drug-likeness (QED) is 0.750. The molecule has 0 aliphatic carbocycles. The highest BCUT2D eigenvalue weighted by Gasteiger charge is 2.27. The molecule has 134 valence electrons. The summed E-state index contributed by atoms with van der Waals surface area (Å²) < 4.78 is 11.2. The topological polar surface area (TPSA) is 42.0 Å². The van der Waals surface area contributed by atoms with Gasteiger partial charge in [0.05, 0.1) is 12.2 Å². The van der Waals surface area contributed by atoms with E-state index in [2.05, 4.69) is 18.7 Å². The first-order valence-corrected chi connectivity index (χ1v) is 9.27. The summed E-state index contributed by atoms with van der Waals surface area (Å²) in [6, 6.07) is 0. The summed E-state index contributed by atoms with van der Waals surface area (Å²) in [6.45, 7) is 13.7. The molecule has 3 atom stereocenters. The molecule has 0 aromatic heterocycles. The van der Waals surface area contributed by atoms with E-state index in [9.17, 15) is 4.79 Å². The van der Waals surface area contributed by atoms with Crippen LogP contribution in [-0.2, 0) is 14.3 Å². The van der Waals surface area contributed by atoms with Crippen molar-refractivity contribution in [3.05, 3.63) is 0 Å². The molecule has 0 aromatic rings. The van der Waals surface area contributed by atoms with Crippen LogP contribution in [0.3, 0.4) is 0 Å². The smallest absolute Gasteiger partial charge is 0.251 e. The Kier molecular flexibility index (Phi) is 7.31. The third-order valence-corrected chi connectivity index (χ3v) is 5.04. The number of nitrogens with zero attached hydrogens (tertiary/aromatic N) is 2. The standard InChI is InChI=1S/C18H34N2O3/c1-5-22-16(4)18(21)20-10-7-17(8-11-20)6-9-19-12-14(2)23-15(3)13-19/h14-17H,5-13H2,1-4H3/t14-,15+,16-/m1/s1. The summed E-state index contributed by atoms with van der Waals surface area (Å²) in [5.41, 5.74) is 0. The number of morpholine rings is 1. The maximum atomic E-state index is 12.3. The lowest BCUT2D eigenvalue weighted by Gasteiger charge is -2.37. The number of rotatable bonds is 6. The summed E-state index contributed by atoms with van der Waals surface area (Å²) in [5, 5.41) is 0. The number of carbonyl (C=O) groups is 1. The van der Waals surface area contributed by atoms with Crippen LogP contribution in [0.1, 0.15) is 47.0 Å². The molecule has 2 fully saturated rings. The van der Waals surface area contributed by atoms with Crippen molar-refractivity contribution in [2.45, 2.75) is 65.3 Å². The second-order valence-electron chi connectivity index (χ2n) is 7.17. The molecular weight excluding hydrogens is 292 g/mol. The van der Waals surface area contributed by atoms with Gasteiger partial charge in [-0.05, 0) is 59.4 Å². The van der Waals surface area contributed by atoms with Crippen LogP contribution in [0.5, 0.6) is 0 Å². The van der Waals surface area contributed by atoms with Crippen molar-refractivity contribution in [3.63, 3.8) is 0 Å². The highest BCUT2D eigenvalue weighted by Crippen LogP contribution is 2.22. The van der Waals surface area contributed by atoms with Crippen LogP contribution in [0.25, 0.3) is 0 Å². The van der Waals surface area contributed by atoms with Gasteiger partial charge in [0.15, 0.2) is 0 Å². The Hall–Kier alpha value is -0.650. The lowest BCUT2D eigenvalue weighted by atomic mass is 9.93. The van der Waals surface area contributed by atoms with Crippen molar-refractivity contribution in [2.75, 3.05) is 39.3 Å². The third kappa shape index (κ3) is 5.73. The van der Waals surface area contributed by atoms with Crippen molar-refractivity contribution >= 4 is 5.91 Å². The van der Waals surface area contributed by atoms with Crippen molar-refractivity contribution < 1.29 is 14.3 Å². The molecule has 2 aliphatic heterocycles. The lowest BCUT2D eigenvalue weighted by molar-refractivity contribution is -0.143. The number of amides is 1. The van der Waals surface area contributed by atoms with Crippen LogP contribution in [0.4, 0.5) is 0 Å². The molecule has 0 saturated carbocycles. The van der Waals surface area contributed by atoms with Gasteiger partial charge in [-0.2, -0.15) is 0 Å². The lowest BCUT2D eigenvalue weighted by Crippen LogP contribution is -2.47. The molecule has 2 heterocycles. The van der Waals surface area contributed by atoms with E-state index < -0.39 is 0 Å². The Labute approximate surface area is 141 Å². The Morgan fingerprint density at radius 3 is 2.39 bits per heavy atom. The summed E-state index contributed by atoms with van der Waals surface area (Å²) in [6.07, 6.45) is 3.88. The average Bonchev–Trinajstić information content (AvgIpc) is 2.52. The monoisotopic (exact) mass is 326 g/mol. The van der Waals surface area contributed by atoms with Crippen LogP contribution >= 0.6 is 0 Å². The molecule has 5 nitrogen and oxygen atoms in total. The first kappa shape index (κ1) is 18.7. The number of carbonyl (C=O) groups excluding carboxylic acids is 1. The van der Waals surface area contributed by atoms with Gasteiger partial charge in [-0.25, -0.2) is 0 Å². The molecule has 0 bridgehead atoms. The highest BCUT2D eigenvalue weighted by molar-refractivity contribution is 5.80.